The van der Waals surface area contributed by atoms with Crippen LogP contribution in [0.1, 0.15) is 0 Å². The zero-order chi connectivity index (χ0) is 9.42. The first-order valence-corrected chi connectivity index (χ1v) is 3.90. The third-order valence-electron chi connectivity index (χ3n) is 2.01. The summed E-state index contributed by atoms with van der Waals surface area (Å²) < 4.78 is 9.53. The number of carbonyl (C=O) groups is 2. The number of carbonyl (C=O) groups excluding carboxylic acids is 2. The van der Waals surface area contributed by atoms with Crippen LogP contribution in [0.15, 0.2) is 23.8 Å². The molecule has 0 aromatic heterocycles. The summed E-state index contributed by atoms with van der Waals surface area (Å²) >= 11 is 0. The second-order valence-corrected chi connectivity index (χ2v) is 3.03. The lowest BCUT2D eigenvalue weighted by Crippen LogP contribution is -2.22. The van der Waals surface area contributed by atoms with Crippen molar-refractivity contribution in [1.82, 2.24) is 0 Å². The predicted octanol–water partition coefficient (Wildman–Crippen LogP) is 0.199. The van der Waals surface area contributed by atoms with E-state index in [1.165, 1.54) is 0 Å². The summed E-state index contributed by atoms with van der Waals surface area (Å²) in [7, 11) is 0. The largest absolute Gasteiger partial charge is 0.460 e. The number of hydrogen-bond acceptors (Lipinski definition) is 4. The Kier molecular flexibility index (Phi) is 1.69. The molecule has 0 bridgehead atoms. The highest BCUT2D eigenvalue weighted by atomic mass is 16.6. The van der Waals surface area contributed by atoms with E-state index in [9.17, 15) is 9.59 Å². The predicted molar refractivity (Wildman–Crippen MR) is 42.6 cm³/mol. The van der Waals surface area contributed by atoms with Gasteiger partial charge in [0.05, 0.1) is 0 Å². The van der Waals surface area contributed by atoms with Crippen molar-refractivity contribution in [2.24, 2.45) is 5.92 Å². The minimum Gasteiger partial charge on any atom is -0.460 e. The van der Waals surface area contributed by atoms with Crippen LogP contribution in [-0.2, 0) is 19.1 Å². The summed E-state index contributed by atoms with van der Waals surface area (Å²) in [5, 5.41) is 0. The van der Waals surface area contributed by atoms with Gasteiger partial charge < -0.3 is 9.47 Å². The van der Waals surface area contributed by atoms with Crippen LogP contribution in [-0.4, -0.2) is 25.2 Å². The fraction of sp³-hybridized carbons (Fsp3) is 0.333. The van der Waals surface area contributed by atoms with Gasteiger partial charge in [0, 0.05) is 0 Å². The smallest absolute Gasteiger partial charge is 0.325 e. The molecular weight excluding hydrogens is 172 g/mol. The van der Waals surface area contributed by atoms with E-state index < -0.39 is 17.9 Å². The van der Waals surface area contributed by atoms with Gasteiger partial charge in [0.1, 0.15) is 13.2 Å². The molecule has 2 heterocycles. The Bertz CT molecular complexity index is 327. The molecule has 13 heavy (non-hydrogen) atoms. The van der Waals surface area contributed by atoms with Gasteiger partial charge in [-0.1, -0.05) is 12.7 Å². The molecule has 0 aromatic rings. The first-order valence-electron chi connectivity index (χ1n) is 3.90. The van der Waals surface area contributed by atoms with Crippen molar-refractivity contribution >= 4 is 11.9 Å². The molecule has 1 atom stereocenters. The zero-order valence-corrected chi connectivity index (χ0v) is 6.91. The molecule has 4 heteroatoms. The van der Waals surface area contributed by atoms with Crippen molar-refractivity contribution in [3.8, 4) is 0 Å². The summed E-state index contributed by atoms with van der Waals surface area (Å²) in [6.45, 7) is 4.01. The number of rotatable bonds is 0. The van der Waals surface area contributed by atoms with E-state index in [0.717, 1.165) is 0 Å². The molecule has 1 unspecified atom stereocenters. The van der Waals surface area contributed by atoms with Crippen LogP contribution in [0.3, 0.4) is 0 Å². The summed E-state index contributed by atoms with van der Waals surface area (Å²) in [6, 6.07) is 0. The molecule has 2 aliphatic rings. The second kappa shape index (κ2) is 2.73. The van der Waals surface area contributed by atoms with Gasteiger partial charge in [0.2, 0.25) is 0 Å². The van der Waals surface area contributed by atoms with Gasteiger partial charge in [-0.2, -0.15) is 0 Å². The molecule has 0 amide bonds. The molecule has 4 nitrogen and oxygen atoms in total. The highest BCUT2D eigenvalue weighted by molar-refractivity contribution is 6.00. The van der Waals surface area contributed by atoms with E-state index >= 15 is 0 Å². The average molecular weight is 180 g/mol. The van der Waals surface area contributed by atoms with Crippen LogP contribution in [0.5, 0.6) is 0 Å². The molecule has 1 saturated heterocycles. The lowest BCUT2D eigenvalue weighted by Gasteiger charge is -2.03. The van der Waals surface area contributed by atoms with Crippen molar-refractivity contribution in [3.05, 3.63) is 23.8 Å². The third-order valence-corrected chi connectivity index (χ3v) is 2.01. The number of hydrogen-bond donors (Lipinski definition) is 0. The molecule has 2 aliphatic heterocycles. The summed E-state index contributed by atoms with van der Waals surface area (Å²) in [4.78, 5) is 22.3. The second-order valence-electron chi connectivity index (χ2n) is 3.03. The van der Waals surface area contributed by atoms with Gasteiger partial charge >= 0.3 is 11.9 Å². The maximum Gasteiger partial charge on any atom is 0.325 e. The van der Waals surface area contributed by atoms with Crippen molar-refractivity contribution in [1.29, 1.82) is 0 Å². The van der Waals surface area contributed by atoms with Crippen molar-refractivity contribution in [3.63, 3.8) is 0 Å². The Hall–Kier alpha value is -1.58. The first-order chi connectivity index (χ1) is 6.18. The van der Waals surface area contributed by atoms with E-state index in [2.05, 4.69) is 6.58 Å². The van der Waals surface area contributed by atoms with Crippen LogP contribution in [0.4, 0.5) is 0 Å². The Morgan fingerprint density at radius 2 is 1.85 bits per heavy atom. The Morgan fingerprint density at radius 1 is 1.23 bits per heavy atom. The molecule has 1 fully saturated rings. The van der Waals surface area contributed by atoms with Crippen molar-refractivity contribution < 1.29 is 19.1 Å². The lowest BCUT2D eigenvalue weighted by atomic mass is 10.0. The quantitative estimate of drug-likeness (QED) is 0.394. The average Bonchev–Trinajstić information content (AvgIpc) is 2.36. The minimum atomic E-state index is -0.848. The monoisotopic (exact) mass is 180 g/mol. The maximum absolute atomic E-state index is 11.2. The van der Waals surface area contributed by atoms with Gasteiger partial charge in [-0.3, -0.25) is 9.59 Å². The molecule has 0 N–H and O–H groups in total. The highest BCUT2D eigenvalue weighted by Crippen LogP contribution is 2.26. The molecule has 0 spiro atoms. The van der Waals surface area contributed by atoms with E-state index in [0.29, 0.717) is 11.1 Å². The van der Waals surface area contributed by atoms with Crippen LogP contribution in [0.25, 0.3) is 0 Å². The Balaban J connectivity index is 2.39. The van der Waals surface area contributed by atoms with Crippen LogP contribution >= 0.6 is 0 Å². The summed E-state index contributed by atoms with van der Waals surface area (Å²) in [5.41, 5.74) is 1.33. The maximum atomic E-state index is 11.2. The van der Waals surface area contributed by atoms with Gasteiger partial charge in [-0.25, -0.2) is 0 Å². The third kappa shape index (κ3) is 1.24. The topological polar surface area (TPSA) is 52.6 Å². The van der Waals surface area contributed by atoms with Crippen LogP contribution in [0, 0.1) is 5.92 Å². The molecule has 68 valence electrons. The van der Waals surface area contributed by atoms with Gasteiger partial charge in [-0.15, -0.1) is 0 Å². The van der Waals surface area contributed by atoms with E-state index in [-0.39, 0.29) is 13.2 Å². The molecule has 2 rings (SSSR count). The zero-order valence-electron chi connectivity index (χ0n) is 6.91. The fourth-order valence-corrected chi connectivity index (χ4v) is 1.40. The summed E-state index contributed by atoms with van der Waals surface area (Å²) in [6.07, 6.45) is 1.69. The molecule has 0 saturated carbocycles. The Morgan fingerprint density at radius 3 is 2.54 bits per heavy atom. The first kappa shape index (κ1) is 8.04. The number of ether oxygens (including phenoxy) is 2. The minimum absolute atomic E-state index is 0.159. The van der Waals surface area contributed by atoms with Crippen molar-refractivity contribution in [2.45, 2.75) is 0 Å². The van der Waals surface area contributed by atoms with Gasteiger partial charge in [0.15, 0.2) is 5.92 Å². The van der Waals surface area contributed by atoms with E-state index in [1.54, 1.807) is 6.08 Å². The number of esters is 2. The molecule has 0 radical (unpaired) electrons. The van der Waals surface area contributed by atoms with E-state index in [4.69, 9.17) is 9.47 Å². The highest BCUT2D eigenvalue weighted by Gasteiger charge is 2.40. The normalized spacial score (nSPS) is 27.2. The molecule has 0 aromatic carbocycles. The van der Waals surface area contributed by atoms with Crippen molar-refractivity contribution in [2.75, 3.05) is 13.2 Å². The fourth-order valence-electron chi connectivity index (χ4n) is 1.40. The van der Waals surface area contributed by atoms with Gasteiger partial charge in [-0.05, 0) is 11.1 Å². The van der Waals surface area contributed by atoms with Crippen LogP contribution < -0.4 is 0 Å². The molecule has 0 aliphatic carbocycles. The Labute approximate surface area is 74.8 Å². The van der Waals surface area contributed by atoms with Crippen LogP contribution in [0.2, 0.25) is 0 Å². The number of fused-ring (bicyclic) bond motifs is 1. The van der Waals surface area contributed by atoms with Gasteiger partial charge in [0.25, 0.3) is 0 Å². The standard InChI is InChI=1S/C9H8O4/c1-5-2-6-4-13-9(11)7(6)8(10)12-3-5/h2,7H,1,3-4H2. The molecular formula is C9H8O4. The summed E-state index contributed by atoms with van der Waals surface area (Å²) in [5.74, 6) is -1.90. The van der Waals surface area contributed by atoms with E-state index in [1.807, 2.05) is 0 Å². The number of cyclic esters (lactones) is 2. The lowest BCUT2D eigenvalue weighted by molar-refractivity contribution is -0.154. The SMILES string of the molecule is C=C1C=C2COC(=O)C2C(=O)OC1.